The highest BCUT2D eigenvalue weighted by molar-refractivity contribution is 6.29. The quantitative estimate of drug-likeness (QED) is 0.595. The number of halogens is 2. The van der Waals surface area contributed by atoms with Gasteiger partial charge in [0.05, 0.1) is 0 Å². The molecule has 0 amide bonds. The molecule has 0 aliphatic heterocycles. The van der Waals surface area contributed by atoms with Crippen LogP contribution in [0, 0.1) is 5.82 Å². The average molecular weight is 174 g/mol. The Morgan fingerprint density at radius 1 is 1.45 bits per heavy atom. The molecule has 11 heavy (non-hydrogen) atoms. The smallest absolute Gasteiger partial charge is 0.165 e. The van der Waals surface area contributed by atoms with Crippen LogP contribution >= 0.6 is 11.6 Å². The van der Waals surface area contributed by atoms with E-state index >= 15 is 0 Å². The Morgan fingerprint density at radius 3 is 2.55 bits per heavy atom. The van der Waals surface area contributed by atoms with Gasteiger partial charge in [-0.1, -0.05) is 25.4 Å². The Hall–Kier alpha value is -0.630. The highest BCUT2D eigenvalue weighted by Crippen LogP contribution is 2.16. The summed E-state index contributed by atoms with van der Waals surface area (Å²) in [5.41, 5.74) is 0.816. The minimum atomic E-state index is -0.462. The maximum atomic E-state index is 12.6. The van der Waals surface area contributed by atoms with Crippen molar-refractivity contribution in [2.45, 2.75) is 19.8 Å². The van der Waals surface area contributed by atoms with E-state index in [1.165, 1.54) is 6.07 Å². The molecule has 3 heteroatoms. The van der Waals surface area contributed by atoms with Gasteiger partial charge in [-0.25, -0.2) is 9.37 Å². The fraction of sp³-hybridized carbons (Fsp3) is 0.375. The highest BCUT2D eigenvalue weighted by atomic mass is 35.5. The molecule has 0 saturated carbocycles. The standard InChI is InChI=1S/C8H9ClFN/c1-5(2)7-4-3-6(10)8(9)11-7/h3-5H,1-2H3. The second kappa shape index (κ2) is 3.18. The third-order valence-corrected chi connectivity index (χ3v) is 1.68. The van der Waals surface area contributed by atoms with Crippen LogP contribution in [0.25, 0.3) is 0 Å². The topological polar surface area (TPSA) is 12.9 Å². The van der Waals surface area contributed by atoms with Gasteiger partial charge >= 0.3 is 0 Å². The molecule has 0 fully saturated rings. The molecule has 1 aromatic rings. The van der Waals surface area contributed by atoms with Gasteiger partial charge in [-0.05, 0) is 18.1 Å². The molecule has 1 aromatic heterocycles. The summed E-state index contributed by atoms with van der Waals surface area (Å²) < 4.78 is 12.6. The van der Waals surface area contributed by atoms with Gasteiger partial charge in [-0.2, -0.15) is 0 Å². The van der Waals surface area contributed by atoms with Gasteiger partial charge in [-0.15, -0.1) is 0 Å². The van der Waals surface area contributed by atoms with Gasteiger partial charge in [0.25, 0.3) is 0 Å². The molecular weight excluding hydrogens is 165 g/mol. The minimum Gasteiger partial charge on any atom is -0.238 e. The Morgan fingerprint density at radius 2 is 2.09 bits per heavy atom. The van der Waals surface area contributed by atoms with Gasteiger partial charge in [-0.3, -0.25) is 0 Å². The summed E-state index contributed by atoms with van der Waals surface area (Å²) in [6.07, 6.45) is 0. The first-order chi connectivity index (χ1) is 5.11. The lowest BCUT2D eigenvalue weighted by atomic mass is 10.1. The Balaban J connectivity index is 3.05. The average Bonchev–Trinajstić information content (AvgIpc) is 1.94. The normalized spacial score (nSPS) is 10.6. The fourth-order valence-corrected chi connectivity index (χ4v) is 0.913. The van der Waals surface area contributed by atoms with Crippen LogP contribution in [0.15, 0.2) is 12.1 Å². The van der Waals surface area contributed by atoms with Crippen LogP contribution in [-0.2, 0) is 0 Å². The Labute approximate surface area is 70.2 Å². The van der Waals surface area contributed by atoms with Crippen LogP contribution in [0.5, 0.6) is 0 Å². The molecule has 0 spiro atoms. The molecule has 0 radical (unpaired) electrons. The molecule has 1 heterocycles. The van der Waals surface area contributed by atoms with Crippen LogP contribution in [-0.4, -0.2) is 4.98 Å². The summed E-state index contributed by atoms with van der Waals surface area (Å²) in [5, 5.41) is -0.0452. The van der Waals surface area contributed by atoms with Crippen molar-refractivity contribution < 1.29 is 4.39 Å². The van der Waals surface area contributed by atoms with Crippen LogP contribution in [0.3, 0.4) is 0 Å². The Bertz CT molecular complexity index is 260. The number of aromatic nitrogens is 1. The van der Waals surface area contributed by atoms with E-state index in [0.29, 0.717) is 0 Å². The van der Waals surface area contributed by atoms with E-state index < -0.39 is 5.82 Å². The van der Waals surface area contributed by atoms with Gasteiger partial charge in [0.15, 0.2) is 11.0 Å². The van der Waals surface area contributed by atoms with Crippen molar-refractivity contribution >= 4 is 11.6 Å². The molecule has 0 aliphatic carbocycles. The lowest BCUT2D eigenvalue weighted by Gasteiger charge is -2.03. The highest BCUT2D eigenvalue weighted by Gasteiger charge is 2.04. The summed E-state index contributed by atoms with van der Waals surface area (Å²) in [4.78, 5) is 3.86. The lowest BCUT2D eigenvalue weighted by Crippen LogP contribution is -1.93. The minimum absolute atomic E-state index is 0.0452. The maximum Gasteiger partial charge on any atom is 0.165 e. The fourth-order valence-electron chi connectivity index (χ4n) is 0.753. The zero-order valence-corrected chi connectivity index (χ0v) is 7.19. The van der Waals surface area contributed by atoms with Crippen molar-refractivity contribution in [1.29, 1.82) is 0 Å². The Kier molecular flexibility index (Phi) is 2.45. The first-order valence-corrected chi connectivity index (χ1v) is 3.81. The molecule has 0 atom stereocenters. The molecule has 0 saturated heterocycles. The van der Waals surface area contributed by atoms with E-state index in [1.54, 1.807) is 6.07 Å². The van der Waals surface area contributed by atoms with E-state index in [9.17, 15) is 4.39 Å². The molecular formula is C8H9ClFN. The molecule has 0 unspecified atom stereocenters. The van der Waals surface area contributed by atoms with Crippen molar-refractivity contribution in [3.8, 4) is 0 Å². The van der Waals surface area contributed by atoms with E-state index in [0.717, 1.165) is 5.69 Å². The molecule has 1 nitrogen and oxygen atoms in total. The molecule has 60 valence electrons. The number of hydrogen-bond acceptors (Lipinski definition) is 1. The largest absolute Gasteiger partial charge is 0.238 e. The van der Waals surface area contributed by atoms with Crippen molar-refractivity contribution in [2.24, 2.45) is 0 Å². The SMILES string of the molecule is CC(C)c1ccc(F)c(Cl)n1. The summed E-state index contributed by atoms with van der Waals surface area (Å²) in [6, 6.07) is 2.98. The maximum absolute atomic E-state index is 12.6. The third-order valence-electron chi connectivity index (χ3n) is 1.42. The third kappa shape index (κ3) is 1.90. The summed E-state index contributed by atoms with van der Waals surface area (Å²) in [7, 11) is 0. The predicted octanol–water partition coefficient (Wildman–Crippen LogP) is 3.00. The number of pyridine rings is 1. The number of hydrogen-bond donors (Lipinski definition) is 0. The first kappa shape index (κ1) is 8.47. The van der Waals surface area contributed by atoms with Crippen molar-refractivity contribution in [1.82, 2.24) is 4.98 Å². The van der Waals surface area contributed by atoms with E-state index in [-0.39, 0.29) is 11.1 Å². The molecule has 0 aliphatic rings. The van der Waals surface area contributed by atoms with E-state index in [4.69, 9.17) is 11.6 Å². The summed E-state index contributed by atoms with van der Waals surface area (Å²) >= 11 is 5.47. The van der Waals surface area contributed by atoms with Gasteiger partial charge in [0.2, 0.25) is 0 Å². The van der Waals surface area contributed by atoms with Crippen molar-refractivity contribution in [3.05, 3.63) is 28.8 Å². The number of nitrogens with zero attached hydrogens (tertiary/aromatic N) is 1. The van der Waals surface area contributed by atoms with E-state index in [2.05, 4.69) is 4.98 Å². The zero-order valence-electron chi connectivity index (χ0n) is 6.44. The van der Waals surface area contributed by atoms with Gasteiger partial charge in [0.1, 0.15) is 0 Å². The summed E-state index contributed by atoms with van der Waals surface area (Å²) in [5.74, 6) is -0.177. The first-order valence-electron chi connectivity index (χ1n) is 3.43. The van der Waals surface area contributed by atoms with Crippen LogP contribution < -0.4 is 0 Å². The van der Waals surface area contributed by atoms with Crippen molar-refractivity contribution in [3.63, 3.8) is 0 Å². The molecule has 0 aromatic carbocycles. The second-order valence-electron chi connectivity index (χ2n) is 2.66. The monoisotopic (exact) mass is 173 g/mol. The molecule has 0 bridgehead atoms. The second-order valence-corrected chi connectivity index (χ2v) is 3.02. The van der Waals surface area contributed by atoms with Crippen LogP contribution in [0.2, 0.25) is 5.15 Å². The number of rotatable bonds is 1. The van der Waals surface area contributed by atoms with Crippen molar-refractivity contribution in [2.75, 3.05) is 0 Å². The van der Waals surface area contributed by atoms with E-state index in [1.807, 2.05) is 13.8 Å². The molecule has 1 rings (SSSR count). The van der Waals surface area contributed by atoms with Crippen LogP contribution in [0.1, 0.15) is 25.5 Å². The summed E-state index contributed by atoms with van der Waals surface area (Å²) in [6.45, 7) is 3.97. The predicted molar refractivity (Wildman–Crippen MR) is 43.3 cm³/mol. The van der Waals surface area contributed by atoms with Gasteiger partial charge in [0, 0.05) is 5.69 Å². The molecule has 0 N–H and O–H groups in total. The van der Waals surface area contributed by atoms with Crippen LogP contribution in [0.4, 0.5) is 4.39 Å². The zero-order chi connectivity index (χ0) is 8.43. The lowest BCUT2D eigenvalue weighted by molar-refractivity contribution is 0.617. The van der Waals surface area contributed by atoms with Gasteiger partial charge < -0.3 is 0 Å².